The Morgan fingerprint density at radius 1 is 1.16 bits per heavy atom. The lowest BCUT2D eigenvalue weighted by Crippen LogP contribution is -2.30. The Morgan fingerprint density at radius 3 is 2.80 bits per heavy atom. The second-order valence-corrected chi connectivity index (χ2v) is 7.01. The van der Waals surface area contributed by atoms with Crippen molar-refractivity contribution in [1.29, 1.82) is 0 Å². The average molecular weight is 357 g/mol. The molecule has 0 bridgehead atoms. The molecule has 0 N–H and O–H groups in total. The van der Waals surface area contributed by atoms with E-state index in [9.17, 15) is 4.79 Å². The molecule has 0 spiro atoms. The third kappa shape index (κ3) is 3.02. The number of methoxy groups -OCH3 is 1. The molecule has 6 heteroatoms. The first-order valence-corrected chi connectivity index (χ1v) is 9.28. The van der Waals surface area contributed by atoms with Crippen LogP contribution < -0.4 is 14.2 Å². The van der Waals surface area contributed by atoms with Crippen LogP contribution in [-0.2, 0) is 0 Å². The van der Waals surface area contributed by atoms with Crippen LogP contribution in [0.3, 0.4) is 0 Å². The summed E-state index contributed by atoms with van der Waals surface area (Å²) in [6.07, 6.45) is 0. The fourth-order valence-electron chi connectivity index (χ4n) is 3.14. The van der Waals surface area contributed by atoms with E-state index in [1.165, 1.54) is 0 Å². The van der Waals surface area contributed by atoms with Crippen molar-refractivity contribution in [2.24, 2.45) is 0 Å². The van der Waals surface area contributed by atoms with Crippen LogP contribution in [-0.4, -0.2) is 43.4 Å². The summed E-state index contributed by atoms with van der Waals surface area (Å²) in [5, 5.41) is -0.0340. The monoisotopic (exact) mass is 357 g/mol. The minimum Gasteiger partial charge on any atom is -0.496 e. The number of benzene rings is 2. The zero-order valence-electron chi connectivity index (χ0n) is 13.9. The normalized spacial score (nSPS) is 18.9. The van der Waals surface area contributed by atoms with Crippen LogP contribution in [0.2, 0.25) is 0 Å². The Labute approximate surface area is 150 Å². The number of fused-ring (bicyclic) bond motifs is 1. The van der Waals surface area contributed by atoms with E-state index in [4.69, 9.17) is 14.2 Å². The molecule has 2 aromatic carbocycles. The van der Waals surface area contributed by atoms with E-state index >= 15 is 0 Å². The predicted octanol–water partition coefficient (Wildman–Crippen LogP) is 3.35. The van der Waals surface area contributed by atoms with E-state index in [1.807, 2.05) is 47.4 Å². The topological polar surface area (TPSA) is 48.0 Å². The number of carbonyl (C=O) groups excluding carboxylic acids is 1. The van der Waals surface area contributed by atoms with Gasteiger partial charge in [0.25, 0.3) is 5.91 Å². The molecule has 0 aromatic heterocycles. The summed E-state index contributed by atoms with van der Waals surface area (Å²) in [6.45, 7) is 1.84. The highest BCUT2D eigenvalue weighted by Gasteiger charge is 2.33. The zero-order valence-corrected chi connectivity index (χ0v) is 14.8. The van der Waals surface area contributed by atoms with Crippen LogP contribution in [0.1, 0.15) is 21.3 Å². The number of carbonyl (C=O) groups is 1. The first kappa shape index (κ1) is 16.1. The number of para-hydroxylation sites is 1. The fraction of sp³-hybridized carbons (Fsp3) is 0.316. The zero-order chi connectivity index (χ0) is 17.2. The van der Waals surface area contributed by atoms with Crippen molar-refractivity contribution in [3.8, 4) is 17.2 Å². The molecule has 130 valence electrons. The number of hydrogen-bond donors (Lipinski definition) is 0. The van der Waals surface area contributed by atoms with Gasteiger partial charge in [0.1, 0.15) is 24.3 Å². The first-order chi connectivity index (χ1) is 12.3. The molecule has 2 heterocycles. The molecular weight excluding hydrogens is 338 g/mol. The Kier molecular flexibility index (Phi) is 4.44. The molecule has 0 radical (unpaired) electrons. The van der Waals surface area contributed by atoms with Gasteiger partial charge in [0, 0.05) is 12.3 Å². The third-order valence-electron chi connectivity index (χ3n) is 4.34. The molecule has 2 aliphatic heterocycles. The fourth-order valence-corrected chi connectivity index (χ4v) is 4.39. The van der Waals surface area contributed by atoms with Crippen LogP contribution in [0, 0.1) is 0 Å². The van der Waals surface area contributed by atoms with Gasteiger partial charge in [-0.3, -0.25) is 4.79 Å². The highest BCUT2D eigenvalue weighted by molar-refractivity contribution is 7.99. The Bertz CT molecular complexity index is 795. The van der Waals surface area contributed by atoms with Crippen molar-refractivity contribution < 1.29 is 19.0 Å². The van der Waals surface area contributed by atoms with Crippen molar-refractivity contribution in [3.05, 3.63) is 53.6 Å². The van der Waals surface area contributed by atoms with Crippen molar-refractivity contribution in [2.75, 3.05) is 32.6 Å². The van der Waals surface area contributed by atoms with E-state index in [0.29, 0.717) is 31.1 Å². The lowest BCUT2D eigenvalue weighted by molar-refractivity contribution is 0.0756. The molecule has 0 unspecified atom stereocenters. The van der Waals surface area contributed by atoms with Crippen LogP contribution in [0.15, 0.2) is 42.5 Å². The van der Waals surface area contributed by atoms with Crippen molar-refractivity contribution in [1.82, 2.24) is 4.90 Å². The molecule has 0 saturated carbocycles. The van der Waals surface area contributed by atoms with Crippen LogP contribution in [0.25, 0.3) is 0 Å². The van der Waals surface area contributed by atoms with E-state index in [2.05, 4.69) is 0 Å². The van der Waals surface area contributed by atoms with Gasteiger partial charge in [0.05, 0.1) is 12.7 Å². The minimum atomic E-state index is -0.0340. The SMILES string of the molecule is COc1ccccc1C(=O)N1CCS[C@H]1c1ccc2c(c1)OCCO2. The van der Waals surface area contributed by atoms with E-state index < -0.39 is 0 Å². The van der Waals surface area contributed by atoms with Gasteiger partial charge in [-0.2, -0.15) is 0 Å². The molecular formula is C19H19NO4S. The molecule has 2 aromatic rings. The van der Waals surface area contributed by atoms with E-state index in [-0.39, 0.29) is 11.3 Å². The van der Waals surface area contributed by atoms with E-state index in [1.54, 1.807) is 18.9 Å². The molecule has 1 atom stereocenters. The Morgan fingerprint density at radius 2 is 1.96 bits per heavy atom. The van der Waals surface area contributed by atoms with Crippen molar-refractivity contribution in [3.63, 3.8) is 0 Å². The van der Waals surface area contributed by atoms with Crippen LogP contribution in [0.4, 0.5) is 0 Å². The van der Waals surface area contributed by atoms with Gasteiger partial charge in [-0.1, -0.05) is 18.2 Å². The quantitative estimate of drug-likeness (QED) is 0.843. The summed E-state index contributed by atoms with van der Waals surface area (Å²) in [5.74, 6) is 3.01. The number of ether oxygens (including phenoxy) is 3. The number of thioether (sulfide) groups is 1. The number of hydrogen-bond acceptors (Lipinski definition) is 5. The molecule has 25 heavy (non-hydrogen) atoms. The largest absolute Gasteiger partial charge is 0.496 e. The van der Waals surface area contributed by atoms with E-state index in [0.717, 1.165) is 22.8 Å². The highest BCUT2D eigenvalue weighted by Crippen LogP contribution is 2.42. The number of rotatable bonds is 3. The second-order valence-electron chi connectivity index (χ2n) is 5.83. The maximum Gasteiger partial charge on any atom is 0.258 e. The van der Waals surface area contributed by atoms with Crippen LogP contribution in [0.5, 0.6) is 17.2 Å². The summed E-state index contributed by atoms with van der Waals surface area (Å²) in [6, 6.07) is 13.3. The molecule has 1 amide bonds. The maximum atomic E-state index is 13.1. The molecule has 5 nitrogen and oxygen atoms in total. The van der Waals surface area contributed by atoms with Gasteiger partial charge in [-0.15, -0.1) is 11.8 Å². The smallest absolute Gasteiger partial charge is 0.258 e. The maximum absolute atomic E-state index is 13.1. The van der Waals surface area contributed by atoms with Crippen LogP contribution >= 0.6 is 11.8 Å². The molecule has 1 saturated heterocycles. The lowest BCUT2D eigenvalue weighted by atomic mass is 10.1. The van der Waals surface area contributed by atoms with Gasteiger partial charge in [-0.25, -0.2) is 0 Å². The van der Waals surface area contributed by atoms with Crippen molar-refractivity contribution >= 4 is 17.7 Å². The Hall–Kier alpha value is -2.34. The lowest BCUT2D eigenvalue weighted by Gasteiger charge is -2.26. The standard InChI is InChI=1S/C19H19NO4S/c1-22-15-5-3-2-4-14(15)18(21)20-8-11-25-19(20)13-6-7-16-17(12-13)24-10-9-23-16/h2-7,12,19H,8-11H2,1H3/t19-/m0/s1. The van der Waals surface area contributed by atoms with Crippen molar-refractivity contribution in [2.45, 2.75) is 5.37 Å². The number of amides is 1. The number of nitrogens with zero attached hydrogens (tertiary/aromatic N) is 1. The molecule has 0 aliphatic carbocycles. The van der Waals surface area contributed by atoms with Gasteiger partial charge in [0.2, 0.25) is 0 Å². The average Bonchev–Trinajstić information content (AvgIpc) is 3.16. The summed E-state index contributed by atoms with van der Waals surface area (Å²) in [7, 11) is 1.59. The van der Waals surface area contributed by atoms with Gasteiger partial charge < -0.3 is 19.1 Å². The third-order valence-corrected chi connectivity index (χ3v) is 5.60. The summed E-state index contributed by atoms with van der Waals surface area (Å²) in [4.78, 5) is 15.0. The first-order valence-electron chi connectivity index (χ1n) is 8.23. The molecule has 1 fully saturated rings. The minimum absolute atomic E-state index is 0.0117. The van der Waals surface area contributed by atoms with Gasteiger partial charge in [-0.05, 0) is 29.8 Å². The molecule has 4 rings (SSSR count). The summed E-state index contributed by atoms with van der Waals surface area (Å²) >= 11 is 1.76. The summed E-state index contributed by atoms with van der Waals surface area (Å²) < 4.78 is 16.6. The van der Waals surface area contributed by atoms with Gasteiger partial charge >= 0.3 is 0 Å². The second kappa shape index (κ2) is 6.88. The predicted molar refractivity (Wildman–Crippen MR) is 96.7 cm³/mol. The van der Waals surface area contributed by atoms with Gasteiger partial charge in [0.15, 0.2) is 11.5 Å². The Balaban J connectivity index is 1.63. The molecule has 2 aliphatic rings. The highest BCUT2D eigenvalue weighted by atomic mass is 32.2. The summed E-state index contributed by atoms with van der Waals surface area (Å²) in [5.41, 5.74) is 1.64.